The maximum Gasteiger partial charge on any atom is 0.306 e. The summed E-state index contributed by atoms with van der Waals surface area (Å²) in [4.78, 5) is 21.5. The Balaban J connectivity index is 2.37. The van der Waals surface area contributed by atoms with Crippen LogP contribution < -0.4 is 0 Å². The Morgan fingerprint density at radius 3 is 2.91 bits per heavy atom. The lowest BCUT2D eigenvalue weighted by molar-refractivity contribution is -0.137. The molecule has 1 fully saturated rings. The van der Waals surface area contributed by atoms with Crippen LogP contribution in [-0.4, -0.2) is 30.1 Å². The fourth-order valence-corrected chi connectivity index (χ4v) is 1.03. The van der Waals surface area contributed by atoms with Gasteiger partial charge in [-0.25, -0.2) is 0 Å². The van der Waals surface area contributed by atoms with Gasteiger partial charge in [0.05, 0.1) is 12.3 Å². The predicted octanol–water partition coefficient (Wildman–Crippen LogP) is -0.499. The molecule has 1 heterocycles. The molecular formula is C7H10O4. The van der Waals surface area contributed by atoms with Gasteiger partial charge in [-0.15, -0.1) is 0 Å². The summed E-state index contributed by atoms with van der Waals surface area (Å²) >= 11 is 0. The number of esters is 1. The standard InChI is InChI=1S/C7H10O4/c8-2-1-6(9)5-3-7(10)11-4-5/h5,8H,1-4H2/t5-/m0/s1. The molecule has 0 aliphatic carbocycles. The van der Waals surface area contributed by atoms with Gasteiger partial charge in [-0.1, -0.05) is 0 Å². The van der Waals surface area contributed by atoms with E-state index in [0.29, 0.717) is 0 Å². The van der Waals surface area contributed by atoms with Crippen LogP contribution in [0.15, 0.2) is 0 Å². The Morgan fingerprint density at radius 1 is 1.73 bits per heavy atom. The van der Waals surface area contributed by atoms with E-state index < -0.39 is 0 Å². The molecule has 0 aromatic heterocycles. The van der Waals surface area contributed by atoms with E-state index in [1.165, 1.54) is 0 Å². The van der Waals surface area contributed by atoms with E-state index in [9.17, 15) is 9.59 Å². The zero-order valence-corrected chi connectivity index (χ0v) is 6.08. The number of cyclic esters (lactones) is 1. The van der Waals surface area contributed by atoms with Crippen molar-refractivity contribution in [1.82, 2.24) is 0 Å². The summed E-state index contributed by atoms with van der Waals surface area (Å²) in [6.45, 7) is 0.0428. The summed E-state index contributed by atoms with van der Waals surface area (Å²) < 4.78 is 4.59. The smallest absolute Gasteiger partial charge is 0.306 e. The molecule has 0 spiro atoms. The Kier molecular flexibility index (Phi) is 2.59. The number of hydrogen-bond acceptors (Lipinski definition) is 4. The number of aliphatic hydroxyl groups excluding tert-OH is 1. The van der Waals surface area contributed by atoms with Crippen molar-refractivity contribution in [2.24, 2.45) is 5.92 Å². The van der Waals surface area contributed by atoms with Gasteiger partial charge in [-0.3, -0.25) is 9.59 Å². The van der Waals surface area contributed by atoms with Gasteiger partial charge in [0.2, 0.25) is 0 Å². The highest BCUT2D eigenvalue weighted by Crippen LogP contribution is 2.15. The average Bonchev–Trinajstić information content (AvgIpc) is 2.36. The van der Waals surface area contributed by atoms with Crippen molar-refractivity contribution in [3.63, 3.8) is 0 Å². The SMILES string of the molecule is O=C1C[C@H](C(=O)CCO)CO1. The second kappa shape index (κ2) is 3.48. The van der Waals surface area contributed by atoms with Gasteiger partial charge in [0.25, 0.3) is 0 Å². The molecule has 0 aromatic rings. The number of rotatable bonds is 3. The summed E-state index contributed by atoms with van der Waals surface area (Å²) in [6.07, 6.45) is 0.306. The lowest BCUT2D eigenvalue weighted by Gasteiger charge is -2.01. The number of carbonyl (C=O) groups excluding carboxylic acids is 2. The van der Waals surface area contributed by atoms with Crippen LogP contribution in [-0.2, 0) is 14.3 Å². The third-order valence-electron chi connectivity index (χ3n) is 1.67. The topological polar surface area (TPSA) is 63.6 Å². The fraction of sp³-hybridized carbons (Fsp3) is 0.714. The summed E-state index contributed by atoms with van der Waals surface area (Å²) in [7, 11) is 0. The molecule has 0 unspecified atom stereocenters. The van der Waals surface area contributed by atoms with Crippen molar-refractivity contribution in [2.45, 2.75) is 12.8 Å². The quantitative estimate of drug-likeness (QED) is 0.562. The monoisotopic (exact) mass is 158 g/mol. The van der Waals surface area contributed by atoms with Crippen molar-refractivity contribution in [3.05, 3.63) is 0 Å². The molecule has 11 heavy (non-hydrogen) atoms. The second-order valence-corrected chi connectivity index (χ2v) is 2.52. The molecular weight excluding hydrogens is 148 g/mol. The zero-order chi connectivity index (χ0) is 8.27. The Morgan fingerprint density at radius 2 is 2.45 bits per heavy atom. The molecule has 0 aromatic carbocycles. The molecule has 1 saturated heterocycles. The van der Waals surface area contributed by atoms with E-state index in [0.717, 1.165) is 0 Å². The molecule has 0 saturated carbocycles. The molecule has 0 bridgehead atoms. The summed E-state index contributed by atoms with van der Waals surface area (Å²) in [5.74, 6) is -0.714. The first-order valence-corrected chi connectivity index (χ1v) is 3.53. The van der Waals surface area contributed by atoms with Gasteiger partial charge in [0.1, 0.15) is 12.4 Å². The molecule has 1 aliphatic heterocycles. The number of ether oxygens (including phenoxy) is 1. The fourth-order valence-electron chi connectivity index (χ4n) is 1.03. The van der Waals surface area contributed by atoms with E-state index in [1.54, 1.807) is 0 Å². The lowest BCUT2D eigenvalue weighted by atomic mass is 10.0. The lowest BCUT2D eigenvalue weighted by Crippen LogP contribution is -2.15. The highest BCUT2D eigenvalue weighted by Gasteiger charge is 2.28. The second-order valence-electron chi connectivity index (χ2n) is 2.52. The highest BCUT2D eigenvalue weighted by molar-refractivity contribution is 5.87. The van der Waals surface area contributed by atoms with Crippen LogP contribution in [0.2, 0.25) is 0 Å². The molecule has 0 amide bonds. The van der Waals surface area contributed by atoms with E-state index in [-0.39, 0.29) is 43.7 Å². The first kappa shape index (κ1) is 8.20. The van der Waals surface area contributed by atoms with Crippen LogP contribution in [0.25, 0.3) is 0 Å². The summed E-state index contributed by atoms with van der Waals surface area (Å²) in [5.41, 5.74) is 0. The third kappa shape index (κ3) is 2.01. The molecule has 4 heteroatoms. The Hall–Kier alpha value is -0.900. The Labute approximate surface area is 64.2 Å². The van der Waals surface area contributed by atoms with E-state index in [4.69, 9.17) is 5.11 Å². The van der Waals surface area contributed by atoms with E-state index in [1.807, 2.05) is 0 Å². The van der Waals surface area contributed by atoms with E-state index in [2.05, 4.69) is 4.74 Å². The van der Waals surface area contributed by atoms with Gasteiger partial charge in [0.15, 0.2) is 0 Å². The van der Waals surface area contributed by atoms with Crippen LogP contribution in [0.4, 0.5) is 0 Å². The van der Waals surface area contributed by atoms with Crippen LogP contribution in [0.5, 0.6) is 0 Å². The van der Waals surface area contributed by atoms with Crippen LogP contribution in [0.1, 0.15) is 12.8 Å². The largest absolute Gasteiger partial charge is 0.465 e. The van der Waals surface area contributed by atoms with Crippen molar-refractivity contribution in [1.29, 1.82) is 0 Å². The predicted molar refractivity (Wildman–Crippen MR) is 35.8 cm³/mol. The van der Waals surface area contributed by atoms with Gasteiger partial charge >= 0.3 is 5.97 Å². The van der Waals surface area contributed by atoms with Crippen molar-refractivity contribution in [3.8, 4) is 0 Å². The summed E-state index contributed by atoms with van der Waals surface area (Å²) in [5, 5.41) is 8.42. The number of ketones is 1. The number of hydrogen-bond donors (Lipinski definition) is 1. The molecule has 1 rings (SSSR count). The number of Topliss-reactive ketones (excluding diaryl/α,β-unsaturated/α-hetero) is 1. The van der Waals surface area contributed by atoms with Gasteiger partial charge in [-0.05, 0) is 0 Å². The van der Waals surface area contributed by atoms with Crippen molar-refractivity contribution < 1.29 is 19.4 Å². The molecule has 0 radical (unpaired) electrons. The van der Waals surface area contributed by atoms with Crippen LogP contribution in [0.3, 0.4) is 0 Å². The minimum atomic E-state index is -0.318. The van der Waals surface area contributed by atoms with Crippen LogP contribution >= 0.6 is 0 Å². The zero-order valence-electron chi connectivity index (χ0n) is 6.08. The normalized spacial score (nSPS) is 23.4. The van der Waals surface area contributed by atoms with E-state index >= 15 is 0 Å². The van der Waals surface area contributed by atoms with Crippen LogP contribution in [0, 0.1) is 5.92 Å². The molecule has 4 nitrogen and oxygen atoms in total. The third-order valence-corrected chi connectivity index (χ3v) is 1.67. The van der Waals surface area contributed by atoms with Crippen molar-refractivity contribution in [2.75, 3.05) is 13.2 Å². The number of aliphatic hydroxyl groups is 1. The van der Waals surface area contributed by atoms with Gasteiger partial charge < -0.3 is 9.84 Å². The number of carbonyl (C=O) groups is 2. The average molecular weight is 158 g/mol. The highest BCUT2D eigenvalue weighted by atomic mass is 16.5. The van der Waals surface area contributed by atoms with Crippen molar-refractivity contribution >= 4 is 11.8 Å². The van der Waals surface area contributed by atoms with Gasteiger partial charge in [-0.2, -0.15) is 0 Å². The maximum absolute atomic E-state index is 11.0. The van der Waals surface area contributed by atoms with Gasteiger partial charge in [0, 0.05) is 13.0 Å². The maximum atomic E-state index is 11.0. The minimum absolute atomic E-state index is 0.0849. The summed E-state index contributed by atoms with van der Waals surface area (Å²) in [6, 6.07) is 0. The molecule has 1 aliphatic rings. The molecule has 1 N–H and O–H groups in total. The Bertz CT molecular complexity index is 175. The molecule has 1 atom stereocenters. The molecule has 62 valence electrons. The minimum Gasteiger partial charge on any atom is -0.465 e. The first-order valence-electron chi connectivity index (χ1n) is 3.53. The first-order chi connectivity index (χ1) is 5.24.